The van der Waals surface area contributed by atoms with Crippen LogP contribution >= 0.6 is 11.8 Å². The van der Waals surface area contributed by atoms with Gasteiger partial charge in [-0.25, -0.2) is 0 Å². The summed E-state index contributed by atoms with van der Waals surface area (Å²) in [5.41, 5.74) is 3.16. The van der Waals surface area contributed by atoms with Crippen LogP contribution in [0.5, 0.6) is 5.75 Å². The lowest BCUT2D eigenvalue weighted by molar-refractivity contribution is 0.289. The number of hydrogen-bond donors (Lipinski definition) is 0. The molecule has 7 heteroatoms. The molecule has 3 aromatic rings. The van der Waals surface area contributed by atoms with E-state index in [1.807, 2.05) is 31.5 Å². The first kappa shape index (κ1) is 17.3. The summed E-state index contributed by atoms with van der Waals surface area (Å²) in [5, 5.41) is 8.55. The molecule has 1 aromatic carbocycles. The Kier molecular flexibility index (Phi) is 5.23. The number of nitrogens with zero attached hydrogens (tertiary/aromatic N) is 3. The van der Waals surface area contributed by atoms with Gasteiger partial charge in [0.1, 0.15) is 25.0 Å². The van der Waals surface area contributed by atoms with Gasteiger partial charge in [0.25, 0.3) is 0 Å². The molecule has 0 aliphatic rings. The zero-order valence-electron chi connectivity index (χ0n) is 14.4. The third-order valence-electron chi connectivity index (χ3n) is 3.75. The van der Waals surface area contributed by atoms with E-state index in [1.165, 1.54) is 24.1 Å². The monoisotopic (exact) mass is 357 g/mol. The molecule has 0 saturated heterocycles. The smallest absolute Gasteiger partial charge is 0.227 e. The molecule has 0 radical (unpaired) electrons. The van der Waals surface area contributed by atoms with E-state index in [0.29, 0.717) is 18.1 Å². The Morgan fingerprint density at radius 3 is 2.84 bits per heavy atom. The molecule has 0 atom stereocenters. The molecule has 0 bridgehead atoms. The van der Waals surface area contributed by atoms with Gasteiger partial charge in [-0.1, -0.05) is 35.5 Å². The number of hydrogen-bond acceptors (Lipinski definition) is 6. The van der Waals surface area contributed by atoms with Crippen LogP contribution < -0.4 is 10.2 Å². The highest BCUT2D eigenvalue weighted by Gasteiger charge is 2.09. The Hall–Kier alpha value is -2.54. The van der Waals surface area contributed by atoms with Gasteiger partial charge in [-0.3, -0.25) is 4.79 Å². The molecule has 2 aromatic heterocycles. The number of thioether (sulfide) groups is 1. The predicted octanol–water partition coefficient (Wildman–Crippen LogP) is 3.26. The lowest BCUT2D eigenvalue weighted by Gasteiger charge is -2.09. The lowest BCUT2D eigenvalue weighted by Crippen LogP contribution is -2.08. The van der Waals surface area contributed by atoms with Gasteiger partial charge in [-0.15, -0.1) is 10.2 Å². The highest BCUT2D eigenvalue weighted by atomic mass is 32.2. The topological polar surface area (TPSA) is 70.2 Å². The Balaban J connectivity index is 1.64. The fraction of sp³-hybridized carbons (Fsp3) is 0.278. The second kappa shape index (κ2) is 7.57. The zero-order valence-corrected chi connectivity index (χ0v) is 15.2. The molecule has 0 aliphatic carbocycles. The van der Waals surface area contributed by atoms with E-state index in [0.717, 1.165) is 21.8 Å². The molecule has 6 nitrogen and oxygen atoms in total. The van der Waals surface area contributed by atoms with Crippen LogP contribution in [0.4, 0.5) is 0 Å². The number of aryl methyl sites for hydroxylation is 3. The fourth-order valence-electron chi connectivity index (χ4n) is 2.27. The summed E-state index contributed by atoms with van der Waals surface area (Å²) in [6.07, 6.45) is 3.00. The van der Waals surface area contributed by atoms with Crippen LogP contribution in [0.2, 0.25) is 0 Å². The summed E-state index contributed by atoms with van der Waals surface area (Å²) in [6, 6.07) is 7.62. The molecule has 0 spiro atoms. The van der Waals surface area contributed by atoms with Crippen molar-refractivity contribution in [1.82, 2.24) is 14.8 Å². The van der Waals surface area contributed by atoms with Gasteiger partial charge in [-0.2, -0.15) is 0 Å². The van der Waals surface area contributed by atoms with Crippen molar-refractivity contribution in [2.45, 2.75) is 31.4 Å². The van der Waals surface area contributed by atoms with Crippen molar-refractivity contribution in [3.63, 3.8) is 0 Å². The van der Waals surface area contributed by atoms with Crippen molar-refractivity contribution in [2.24, 2.45) is 7.05 Å². The second-order valence-corrected chi connectivity index (χ2v) is 6.75. The van der Waals surface area contributed by atoms with E-state index in [9.17, 15) is 4.79 Å². The summed E-state index contributed by atoms with van der Waals surface area (Å²) in [5.74, 6) is 1.28. The first-order chi connectivity index (χ1) is 12.0. The number of rotatable bonds is 6. The first-order valence-corrected chi connectivity index (χ1v) is 8.79. The van der Waals surface area contributed by atoms with E-state index >= 15 is 0 Å². The quantitative estimate of drug-likeness (QED) is 0.631. The van der Waals surface area contributed by atoms with E-state index in [1.54, 1.807) is 6.33 Å². The van der Waals surface area contributed by atoms with Crippen LogP contribution in [-0.4, -0.2) is 14.8 Å². The molecular formula is C18H19N3O3S. The maximum atomic E-state index is 12.2. The highest BCUT2D eigenvalue weighted by Crippen LogP contribution is 2.20. The predicted molar refractivity (Wildman–Crippen MR) is 95.8 cm³/mol. The molecule has 2 heterocycles. The molecule has 0 aliphatic heterocycles. The molecule has 0 N–H and O–H groups in total. The van der Waals surface area contributed by atoms with Gasteiger partial charge in [-0.05, 0) is 25.0 Å². The molecule has 0 unspecified atom stereocenters. The summed E-state index contributed by atoms with van der Waals surface area (Å²) in [4.78, 5) is 12.2. The molecular weight excluding hydrogens is 338 g/mol. The van der Waals surface area contributed by atoms with Crippen LogP contribution in [0.25, 0.3) is 0 Å². The SMILES string of the molecule is Cc1ccc(C)c(COc2coc(CSc3nncn3C)cc2=O)c1. The van der Waals surface area contributed by atoms with Crippen molar-refractivity contribution in [3.05, 3.63) is 69.5 Å². The van der Waals surface area contributed by atoms with Gasteiger partial charge in [0.15, 0.2) is 5.16 Å². The Labute approximate surface area is 149 Å². The summed E-state index contributed by atoms with van der Waals surface area (Å²) in [7, 11) is 1.86. The van der Waals surface area contributed by atoms with Crippen LogP contribution in [0.3, 0.4) is 0 Å². The molecule has 25 heavy (non-hydrogen) atoms. The van der Waals surface area contributed by atoms with Crippen LogP contribution in [0, 0.1) is 13.8 Å². The van der Waals surface area contributed by atoms with Crippen LogP contribution in [0.15, 0.2) is 51.2 Å². The van der Waals surface area contributed by atoms with Crippen LogP contribution in [0.1, 0.15) is 22.5 Å². The Bertz CT molecular complexity index is 933. The minimum absolute atomic E-state index is 0.190. The van der Waals surface area contributed by atoms with E-state index < -0.39 is 0 Å². The summed E-state index contributed by atoms with van der Waals surface area (Å²) in [6.45, 7) is 4.39. The third-order valence-corrected chi connectivity index (χ3v) is 4.81. The minimum Gasteiger partial charge on any atom is -0.482 e. The zero-order chi connectivity index (χ0) is 17.8. The maximum Gasteiger partial charge on any atom is 0.227 e. The lowest BCUT2D eigenvalue weighted by atomic mass is 10.1. The summed E-state index contributed by atoms with van der Waals surface area (Å²) < 4.78 is 13.0. The average molecular weight is 357 g/mol. The van der Waals surface area contributed by atoms with Crippen LogP contribution in [-0.2, 0) is 19.4 Å². The van der Waals surface area contributed by atoms with Crippen molar-refractivity contribution in [2.75, 3.05) is 0 Å². The molecule has 0 fully saturated rings. The van der Waals surface area contributed by atoms with E-state index in [-0.39, 0.29) is 11.2 Å². The van der Waals surface area contributed by atoms with Crippen molar-refractivity contribution < 1.29 is 9.15 Å². The van der Waals surface area contributed by atoms with E-state index in [4.69, 9.17) is 9.15 Å². The fourth-order valence-corrected chi connectivity index (χ4v) is 3.05. The second-order valence-electron chi connectivity index (χ2n) is 5.81. The van der Waals surface area contributed by atoms with Crippen molar-refractivity contribution in [3.8, 4) is 5.75 Å². The minimum atomic E-state index is -0.190. The highest BCUT2D eigenvalue weighted by molar-refractivity contribution is 7.98. The summed E-state index contributed by atoms with van der Waals surface area (Å²) >= 11 is 1.45. The van der Waals surface area contributed by atoms with Gasteiger partial charge in [0.2, 0.25) is 11.2 Å². The molecule has 0 saturated carbocycles. The van der Waals surface area contributed by atoms with Gasteiger partial charge in [0, 0.05) is 13.1 Å². The number of benzene rings is 1. The van der Waals surface area contributed by atoms with Gasteiger partial charge < -0.3 is 13.7 Å². The van der Waals surface area contributed by atoms with E-state index in [2.05, 4.69) is 22.3 Å². The number of ether oxygens (including phenoxy) is 1. The molecule has 130 valence electrons. The first-order valence-electron chi connectivity index (χ1n) is 7.80. The van der Waals surface area contributed by atoms with Gasteiger partial charge >= 0.3 is 0 Å². The van der Waals surface area contributed by atoms with Gasteiger partial charge in [0.05, 0.1) is 5.75 Å². The maximum absolute atomic E-state index is 12.2. The normalized spacial score (nSPS) is 10.8. The van der Waals surface area contributed by atoms with Crippen molar-refractivity contribution in [1.29, 1.82) is 0 Å². The average Bonchev–Trinajstić information content (AvgIpc) is 3.00. The third kappa shape index (κ3) is 4.30. The van der Waals surface area contributed by atoms with Crippen molar-refractivity contribution >= 4 is 11.8 Å². The number of aromatic nitrogens is 3. The standard InChI is InChI=1S/C18H19N3O3S/c1-12-4-5-13(2)14(6-12)8-24-17-9-23-15(7-16(17)22)10-25-18-20-19-11-21(18)3/h4-7,9,11H,8,10H2,1-3H3. The Morgan fingerprint density at radius 2 is 2.12 bits per heavy atom. The Morgan fingerprint density at radius 1 is 1.28 bits per heavy atom. The molecule has 0 amide bonds. The largest absolute Gasteiger partial charge is 0.482 e. The molecule has 3 rings (SSSR count).